The van der Waals surface area contributed by atoms with Crippen molar-refractivity contribution in [1.29, 1.82) is 0 Å². The van der Waals surface area contributed by atoms with Crippen LogP contribution in [0.4, 0.5) is 5.69 Å². The van der Waals surface area contributed by atoms with Crippen LogP contribution in [0.15, 0.2) is 18.2 Å². The monoisotopic (exact) mass is 268 g/mol. The molecular formula is C13H20N2O2S. The summed E-state index contributed by atoms with van der Waals surface area (Å²) in [4.78, 5) is 2.14. The van der Waals surface area contributed by atoms with E-state index in [0.717, 1.165) is 24.3 Å². The Morgan fingerprint density at radius 3 is 2.67 bits per heavy atom. The zero-order valence-corrected chi connectivity index (χ0v) is 11.7. The molecule has 1 heterocycles. The largest absolute Gasteiger partial charge is 0.398 e. The van der Waals surface area contributed by atoms with Crippen molar-refractivity contribution < 1.29 is 8.42 Å². The summed E-state index contributed by atoms with van der Waals surface area (Å²) in [6.07, 6.45) is 0. The highest BCUT2D eigenvalue weighted by Gasteiger charge is 2.23. The molecule has 2 rings (SSSR count). The predicted molar refractivity (Wildman–Crippen MR) is 73.9 cm³/mol. The van der Waals surface area contributed by atoms with Crippen LogP contribution in [0.2, 0.25) is 0 Å². The molecule has 0 aliphatic carbocycles. The third-order valence-corrected chi connectivity index (χ3v) is 5.68. The SMILES string of the molecule is CC(C)S(=O)(=O)CCN1Cc2cccc(N)c2C1. The van der Waals surface area contributed by atoms with Gasteiger partial charge in [-0.1, -0.05) is 12.1 Å². The van der Waals surface area contributed by atoms with Gasteiger partial charge >= 0.3 is 0 Å². The smallest absolute Gasteiger partial charge is 0.153 e. The fourth-order valence-corrected chi connectivity index (χ4v) is 3.15. The number of nitrogen functional groups attached to an aromatic ring is 1. The Hall–Kier alpha value is -1.07. The van der Waals surface area contributed by atoms with Crippen molar-refractivity contribution in [2.45, 2.75) is 32.2 Å². The molecule has 0 amide bonds. The molecule has 4 nitrogen and oxygen atoms in total. The maximum absolute atomic E-state index is 11.8. The van der Waals surface area contributed by atoms with Gasteiger partial charge < -0.3 is 5.73 Å². The van der Waals surface area contributed by atoms with Gasteiger partial charge in [-0.05, 0) is 31.0 Å². The summed E-state index contributed by atoms with van der Waals surface area (Å²) in [6.45, 7) is 5.59. The Balaban J connectivity index is 1.99. The van der Waals surface area contributed by atoms with E-state index >= 15 is 0 Å². The number of rotatable bonds is 4. The summed E-state index contributed by atoms with van der Waals surface area (Å²) >= 11 is 0. The van der Waals surface area contributed by atoms with Gasteiger partial charge in [-0.2, -0.15) is 0 Å². The highest BCUT2D eigenvalue weighted by atomic mass is 32.2. The lowest BCUT2D eigenvalue weighted by Gasteiger charge is -2.15. The average Bonchev–Trinajstić information content (AvgIpc) is 2.71. The lowest BCUT2D eigenvalue weighted by Crippen LogP contribution is -2.28. The number of nitrogens with zero attached hydrogens (tertiary/aromatic N) is 1. The average molecular weight is 268 g/mol. The van der Waals surface area contributed by atoms with Crippen molar-refractivity contribution >= 4 is 15.5 Å². The molecule has 1 aromatic rings. The van der Waals surface area contributed by atoms with Crippen LogP contribution in [0.1, 0.15) is 25.0 Å². The first-order chi connectivity index (χ1) is 8.40. The Kier molecular flexibility index (Phi) is 3.64. The first-order valence-corrected chi connectivity index (χ1v) is 7.92. The number of benzene rings is 1. The van der Waals surface area contributed by atoms with E-state index in [2.05, 4.69) is 11.0 Å². The van der Waals surface area contributed by atoms with Crippen LogP contribution in [-0.2, 0) is 22.9 Å². The van der Waals surface area contributed by atoms with Gasteiger partial charge in [-0.25, -0.2) is 8.42 Å². The molecule has 0 aromatic heterocycles. The van der Waals surface area contributed by atoms with Gasteiger partial charge in [-0.15, -0.1) is 0 Å². The van der Waals surface area contributed by atoms with Crippen LogP contribution in [0.3, 0.4) is 0 Å². The number of sulfone groups is 1. The first-order valence-electron chi connectivity index (χ1n) is 6.20. The molecule has 1 aliphatic rings. The zero-order chi connectivity index (χ0) is 13.3. The van der Waals surface area contributed by atoms with Gasteiger partial charge in [0.05, 0.1) is 11.0 Å². The first kappa shape index (κ1) is 13.4. The van der Waals surface area contributed by atoms with E-state index < -0.39 is 9.84 Å². The molecule has 0 bridgehead atoms. The molecule has 100 valence electrons. The lowest BCUT2D eigenvalue weighted by molar-refractivity contribution is 0.301. The van der Waals surface area contributed by atoms with E-state index in [1.807, 2.05) is 12.1 Å². The molecule has 0 radical (unpaired) electrons. The second-order valence-corrected chi connectivity index (χ2v) is 7.79. The van der Waals surface area contributed by atoms with Gasteiger partial charge in [0.25, 0.3) is 0 Å². The van der Waals surface area contributed by atoms with Crippen LogP contribution >= 0.6 is 0 Å². The maximum Gasteiger partial charge on any atom is 0.153 e. The van der Waals surface area contributed by atoms with E-state index in [9.17, 15) is 8.42 Å². The Bertz CT molecular complexity index is 538. The fourth-order valence-electron chi connectivity index (χ4n) is 2.17. The molecular weight excluding hydrogens is 248 g/mol. The number of nitrogens with two attached hydrogens (primary N) is 1. The minimum atomic E-state index is -2.96. The molecule has 1 aliphatic heterocycles. The summed E-state index contributed by atoms with van der Waals surface area (Å²) in [5, 5.41) is -0.299. The maximum atomic E-state index is 11.8. The van der Waals surface area contributed by atoms with Gasteiger partial charge in [0, 0.05) is 25.3 Å². The van der Waals surface area contributed by atoms with Gasteiger partial charge in [0.2, 0.25) is 0 Å². The molecule has 2 N–H and O–H groups in total. The summed E-state index contributed by atoms with van der Waals surface area (Å²) in [7, 11) is -2.96. The quantitative estimate of drug-likeness (QED) is 0.839. The van der Waals surface area contributed by atoms with Crippen molar-refractivity contribution in [2.24, 2.45) is 0 Å². The number of hydrogen-bond donors (Lipinski definition) is 1. The van der Waals surface area contributed by atoms with Gasteiger partial charge in [-0.3, -0.25) is 4.90 Å². The van der Waals surface area contributed by atoms with E-state index in [1.54, 1.807) is 13.8 Å². The molecule has 0 unspecified atom stereocenters. The highest BCUT2D eigenvalue weighted by molar-refractivity contribution is 7.92. The Morgan fingerprint density at radius 2 is 2.06 bits per heavy atom. The predicted octanol–water partition coefficient (Wildman–Crippen LogP) is 1.41. The second-order valence-electron chi connectivity index (χ2n) is 5.11. The zero-order valence-electron chi connectivity index (χ0n) is 10.9. The van der Waals surface area contributed by atoms with E-state index in [0.29, 0.717) is 6.54 Å². The molecule has 0 saturated heterocycles. The van der Waals surface area contributed by atoms with Gasteiger partial charge in [0.1, 0.15) is 0 Å². The Labute approximate surface area is 109 Å². The number of anilines is 1. The molecule has 5 heteroatoms. The summed E-state index contributed by atoms with van der Waals surface area (Å²) in [5.41, 5.74) is 9.10. The van der Waals surface area contributed by atoms with Crippen molar-refractivity contribution in [3.8, 4) is 0 Å². The number of fused-ring (bicyclic) bond motifs is 1. The third-order valence-electron chi connectivity index (χ3n) is 3.50. The summed E-state index contributed by atoms with van der Waals surface area (Å²) in [6, 6.07) is 5.90. The molecule has 0 spiro atoms. The van der Waals surface area contributed by atoms with Crippen molar-refractivity contribution in [2.75, 3.05) is 18.0 Å². The molecule has 0 saturated carbocycles. The molecule has 1 aromatic carbocycles. The number of hydrogen-bond acceptors (Lipinski definition) is 4. The van der Waals surface area contributed by atoms with Gasteiger partial charge in [0.15, 0.2) is 9.84 Å². The highest BCUT2D eigenvalue weighted by Crippen LogP contribution is 2.27. The van der Waals surface area contributed by atoms with Crippen LogP contribution in [0.25, 0.3) is 0 Å². The molecule has 0 atom stereocenters. The summed E-state index contributed by atoms with van der Waals surface area (Å²) in [5.74, 6) is 0.221. The van der Waals surface area contributed by atoms with Crippen LogP contribution in [0.5, 0.6) is 0 Å². The minimum Gasteiger partial charge on any atom is -0.398 e. The Morgan fingerprint density at radius 1 is 1.33 bits per heavy atom. The fraction of sp³-hybridized carbons (Fsp3) is 0.538. The van der Waals surface area contributed by atoms with E-state index in [4.69, 9.17) is 5.73 Å². The third kappa shape index (κ3) is 2.67. The van der Waals surface area contributed by atoms with Crippen LogP contribution < -0.4 is 5.73 Å². The standard InChI is InChI=1S/C13H20N2O2S/c1-10(2)18(16,17)7-6-15-8-11-4-3-5-13(14)12(11)9-15/h3-5,10H,6-9,14H2,1-2H3. The van der Waals surface area contributed by atoms with Crippen LogP contribution in [-0.4, -0.2) is 30.9 Å². The molecule has 0 fully saturated rings. The minimum absolute atomic E-state index is 0.221. The van der Waals surface area contributed by atoms with Crippen LogP contribution in [0, 0.1) is 0 Å². The second kappa shape index (κ2) is 4.90. The lowest BCUT2D eigenvalue weighted by atomic mass is 10.1. The topological polar surface area (TPSA) is 63.4 Å². The summed E-state index contributed by atoms with van der Waals surface area (Å²) < 4.78 is 23.6. The normalized spacial score (nSPS) is 16.2. The van der Waals surface area contributed by atoms with Crippen molar-refractivity contribution in [3.05, 3.63) is 29.3 Å². The van der Waals surface area contributed by atoms with E-state index in [-0.39, 0.29) is 11.0 Å². The van der Waals surface area contributed by atoms with Crippen molar-refractivity contribution in [3.63, 3.8) is 0 Å². The van der Waals surface area contributed by atoms with E-state index in [1.165, 1.54) is 5.56 Å². The van der Waals surface area contributed by atoms with Crippen molar-refractivity contribution in [1.82, 2.24) is 4.90 Å². The molecule has 18 heavy (non-hydrogen) atoms.